The van der Waals surface area contributed by atoms with E-state index in [4.69, 9.17) is 4.28 Å². The molecule has 0 amide bonds. The average molecular weight is 269 g/mol. The molecule has 100 valence electrons. The summed E-state index contributed by atoms with van der Waals surface area (Å²) >= 11 is 0. The van der Waals surface area contributed by atoms with Gasteiger partial charge in [0.05, 0.1) is 4.90 Å². The SMILES string of the molecule is Cc1ccc(S(=O)(=O)ONC(C)(C)C2CC2)cc1. The van der Waals surface area contributed by atoms with Gasteiger partial charge in [-0.3, -0.25) is 0 Å². The molecule has 0 bridgehead atoms. The molecule has 0 spiro atoms. The van der Waals surface area contributed by atoms with Gasteiger partial charge in [0.25, 0.3) is 0 Å². The Morgan fingerprint density at radius 3 is 2.28 bits per heavy atom. The lowest BCUT2D eigenvalue weighted by atomic mass is 10.0. The topological polar surface area (TPSA) is 55.4 Å². The predicted octanol–water partition coefficient (Wildman–Crippen LogP) is 2.39. The smallest absolute Gasteiger partial charge is 0.192 e. The molecule has 1 aromatic rings. The average Bonchev–Trinajstić information content (AvgIpc) is 3.11. The van der Waals surface area contributed by atoms with Crippen LogP contribution in [-0.4, -0.2) is 14.0 Å². The summed E-state index contributed by atoms with van der Waals surface area (Å²) in [4.78, 5) is 0.173. The standard InChI is InChI=1S/C13H19NO3S/c1-10-4-8-12(9-5-10)18(15,16)17-14-13(2,3)11-6-7-11/h4-5,8-9,11,14H,6-7H2,1-3H3. The Balaban J connectivity index is 2.05. The molecule has 0 heterocycles. The molecule has 0 atom stereocenters. The first-order valence-electron chi connectivity index (χ1n) is 6.08. The summed E-state index contributed by atoms with van der Waals surface area (Å²) in [5.41, 5.74) is 3.39. The van der Waals surface area contributed by atoms with Crippen LogP contribution in [0.3, 0.4) is 0 Å². The predicted molar refractivity (Wildman–Crippen MR) is 69.4 cm³/mol. The molecule has 0 unspecified atom stereocenters. The van der Waals surface area contributed by atoms with Gasteiger partial charge in [0.2, 0.25) is 0 Å². The molecule has 18 heavy (non-hydrogen) atoms. The maximum absolute atomic E-state index is 11.9. The number of hydrogen-bond acceptors (Lipinski definition) is 4. The van der Waals surface area contributed by atoms with Gasteiger partial charge in [0.15, 0.2) is 0 Å². The van der Waals surface area contributed by atoms with E-state index >= 15 is 0 Å². The molecule has 1 aliphatic rings. The highest BCUT2D eigenvalue weighted by atomic mass is 32.2. The fraction of sp³-hybridized carbons (Fsp3) is 0.538. The number of aryl methyl sites for hydroxylation is 1. The Labute approximate surface area is 108 Å². The minimum absolute atomic E-state index is 0.173. The van der Waals surface area contributed by atoms with Gasteiger partial charge in [-0.25, -0.2) is 0 Å². The summed E-state index contributed by atoms with van der Waals surface area (Å²) in [5, 5.41) is 0. The number of nitrogens with one attached hydrogen (secondary N) is 1. The maximum Gasteiger partial charge on any atom is 0.312 e. The van der Waals surface area contributed by atoms with Gasteiger partial charge in [-0.05, 0) is 51.7 Å². The van der Waals surface area contributed by atoms with Crippen LogP contribution in [0.5, 0.6) is 0 Å². The molecule has 5 heteroatoms. The minimum Gasteiger partial charge on any atom is -0.192 e. The van der Waals surface area contributed by atoms with Gasteiger partial charge in [-0.2, -0.15) is 18.2 Å². The molecule has 2 rings (SSSR count). The van der Waals surface area contributed by atoms with Gasteiger partial charge in [0.1, 0.15) is 0 Å². The van der Waals surface area contributed by atoms with E-state index in [-0.39, 0.29) is 10.4 Å². The molecule has 1 saturated carbocycles. The lowest BCUT2D eigenvalue weighted by molar-refractivity contribution is 0.102. The zero-order valence-electron chi connectivity index (χ0n) is 10.9. The molecule has 1 aliphatic carbocycles. The Bertz CT molecular complexity index is 516. The third kappa shape index (κ3) is 3.10. The van der Waals surface area contributed by atoms with Crippen molar-refractivity contribution in [2.45, 2.75) is 44.0 Å². The third-order valence-corrected chi connectivity index (χ3v) is 4.47. The Morgan fingerprint density at radius 2 is 1.78 bits per heavy atom. The van der Waals surface area contributed by atoms with E-state index in [0.717, 1.165) is 18.4 Å². The van der Waals surface area contributed by atoms with Crippen LogP contribution in [0.2, 0.25) is 0 Å². The van der Waals surface area contributed by atoms with E-state index in [2.05, 4.69) is 5.48 Å². The van der Waals surface area contributed by atoms with E-state index in [9.17, 15) is 8.42 Å². The van der Waals surface area contributed by atoms with E-state index in [0.29, 0.717) is 5.92 Å². The number of rotatable bonds is 5. The molecule has 0 saturated heterocycles. The largest absolute Gasteiger partial charge is 0.312 e. The van der Waals surface area contributed by atoms with Gasteiger partial charge in [-0.1, -0.05) is 17.7 Å². The first-order valence-corrected chi connectivity index (χ1v) is 7.49. The third-order valence-electron chi connectivity index (χ3n) is 3.32. The lowest BCUT2D eigenvalue weighted by Crippen LogP contribution is -2.42. The second-order valence-electron chi connectivity index (χ2n) is 5.45. The van der Waals surface area contributed by atoms with Crippen LogP contribution in [0.25, 0.3) is 0 Å². The van der Waals surface area contributed by atoms with Crippen molar-refractivity contribution in [1.29, 1.82) is 0 Å². The van der Waals surface area contributed by atoms with Crippen molar-refractivity contribution in [2.24, 2.45) is 5.92 Å². The van der Waals surface area contributed by atoms with Crippen LogP contribution in [0, 0.1) is 12.8 Å². The van der Waals surface area contributed by atoms with E-state index in [1.54, 1.807) is 24.3 Å². The van der Waals surface area contributed by atoms with Crippen molar-refractivity contribution in [3.8, 4) is 0 Å². The maximum atomic E-state index is 11.9. The molecule has 1 fully saturated rings. The van der Waals surface area contributed by atoms with Crippen molar-refractivity contribution in [3.05, 3.63) is 29.8 Å². The molecular formula is C13H19NO3S. The minimum atomic E-state index is -3.73. The zero-order valence-corrected chi connectivity index (χ0v) is 11.8. The summed E-state index contributed by atoms with van der Waals surface area (Å²) in [7, 11) is -3.73. The van der Waals surface area contributed by atoms with Crippen molar-refractivity contribution in [2.75, 3.05) is 0 Å². The highest BCUT2D eigenvalue weighted by Gasteiger charge is 2.39. The van der Waals surface area contributed by atoms with Crippen molar-refractivity contribution in [1.82, 2.24) is 5.48 Å². The lowest BCUT2D eigenvalue weighted by Gasteiger charge is -2.24. The van der Waals surface area contributed by atoms with Gasteiger partial charge in [0, 0.05) is 5.54 Å². The first-order chi connectivity index (χ1) is 8.31. The fourth-order valence-electron chi connectivity index (χ4n) is 1.80. The second-order valence-corrected chi connectivity index (χ2v) is 6.99. The van der Waals surface area contributed by atoms with Crippen molar-refractivity contribution >= 4 is 10.1 Å². The Hall–Kier alpha value is -0.910. The molecular weight excluding hydrogens is 250 g/mol. The summed E-state index contributed by atoms with van der Waals surface area (Å²) < 4.78 is 28.8. The quantitative estimate of drug-likeness (QED) is 0.834. The van der Waals surface area contributed by atoms with E-state index in [1.165, 1.54) is 0 Å². The number of hydroxylamine groups is 1. The number of benzene rings is 1. The van der Waals surface area contributed by atoms with Gasteiger partial charge < -0.3 is 0 Å². The summed E-state index contributed by atoms with van der Waals surface area (Å²) in [5.74, 6) is 0.491. The summed E-state index contributed by atoms with van der Waals surface area (Å²) in [6.45, 7) is 5.82. The normalized spacial score (nSPS) is 16.8. The van der Waals surface area contributed by atoms with Crippen molar-refractivity contribution in [3.63, 3.8) is 0 Å². The van der Waals surface area contributed by atoms with Crippen LogP contribution in [0.15, 0.2) is 29.2 Å². The summed E-state index contributed by atoms with van der Waals surface area (Å²) in [6, 6.07) is 6.61. The van der Waals surface area contributed by atoms with Gasteiger partial charge in [-0.15, -0.1) is 0 Å². The number of hydrogen-bond donors (Lipinski definition) is 1. The zero-order chi connectivity index (χ0) is 13.4. The molecule has 1 aromatic carbocycles. The Morgan fingerprint density at radius 1 is 1.22 bits per heavy atom. The highest BCUT2D eigenvalue weighted by Crippen LogP contribution is 2.39. The summed E-state index contributed by atoms with van der Waals surface area (Å²) in [6.07, 6.45) is 2.24. The van der Waals surface area contributed by atoms with Crippen LogP contribution < -0.4 is 5.48 Å². The monoisotopic (exact) mass is 269 g/mol. The first kappa shape index (κ1) is 13.5. The fourth-order valence-corrected chi connectivity index (χ4v) is 2.69. The van der Waals surface area contributed by atoms with Crippen LogP contribution >= 0.6 is 0 Å². The Kier molecular flexibility index (Phi) is 3.49. The van der Waals surface area contributed by atoms with Crippen molar-refractivity contribution < 1.29 is 12.7 Å². The molecule has 0 aromatic heterocycles. The van der Waals surface area contributed by atoms with E-state index < -0.39 is 10.1 Å². The van der Waals surface area contributed by atoms with Gasteiger partial charge >= 0.3 is 10.1 Å². The van der Waals surface area contributed by atoms with Crippen LogP contribution in [0.4, 0.5) is 0 Å². The molecule has 4 nitrogen and oxygen atoms in total. The highest BCUT2D eigenvalue weighted by molar-refractivity contribution is 7.86. The second kappa shape index (κ2) is 4.64. The van der Waals surface area contributed by atoms with Crippen LogP contribution in [0.1, 0.15) is 32.3 Å². The molecule has 0 aliphatic heterocycles. The molecule has 1 N–H and O–H groups in total. The molecule has 0 radical (unpaired) electrons. The van der Waals surface area contributed by atoms with E-state index in [1.807, 2.05) is 20.8 Å². The van der Waals surface area contributed by atoms with Crippen LogP contribution in [-0.2, 0) is 14.4 Å².